The quantitative estimate of drug-likeness (QED) is 0.662. The summed E-state index contributed by atoms with van der Waals surface area (Å²) in [4.78, 5) is 23.5. The van der Waals surface area contributed by atoms with E-state index in [0.717, 1.165) is 17.2 Å². The first-order chi connectivity index (χ1) is 9.73. The highest BCUT2D eigenvalue weighted by atomic mass is 16.6. The van der Waals surface area contributed by atoms with Crippen molar-refractivity contribution in [1.29, 1.82) is 0 Å². The van der Waals surface area contributed by atoms with E-state index in [4.69, 9.17) is 4.74 Å². The molecule has 1 aromatic rings. The van der Waals surface area contributed by atoms with Crippen molar-refractivity contribution in [3.63, 3.8) is 0 Å². The van der Waals surface area contributed by atoms with Gasteiger partial charge < -0.3 is 10.1 Å². The van der Waals surface area contributed by atoms with Crippen molar-refractivity contribution in [2.75, 3.05) is 0 Å². The van der Waals surface area contributed by atoms with E-state index in [2.05, 4.69) is 17.2 Å². The van der Waals surface area contributed by atoms with Crippen LogP contribution in [-0.2, 0) is 9.53 Å². The van der Waals surface area contributed by atoms with Crippen LogP contribution < -0.4 is 10.6 Å². The molecule has 5 heteroatoms. The first-order valence-corrected chi connectivity index (χ1v) is 6.71. The molecule has 0 heterocycles. The number of alkyl carbamates (subject to hydrolysis) is 1. The van der Waals surface area contributed by atoms with Gasteiger partial charge in [0.05, 0.1) is 0 Å². The largest absolute Gasteiger partial charge is 0.444 e. The fourth-order valence-corrected chi connectivity index (χ4v) is 1.73. The Morgan fingerprint density at radius 1 is 1.24 bits per heavy atom. The molecule has 1 atom stereocenters. The monoisotopic (exact) mass is 290 g/mol. The highest BCUT2D eigenvalue weighted by molar-refractivity contribution is 5.87. The number of amides is 2. The summed E-state index contributed by atoms with van der Waals surface area (Å²) in [6.07, 6.45) is -0.117. The lowest BCUT2D eigenvalue weighted by Crippen LogP contribution is -2.43. The van der Waals surface area contributed by atoms with Crippen molar-refractivity contribution < 1.29 is 14.3 Å². The summed E-state index contributed by atoms with van der Waals surface area (Å²) in [5.41, 5.74) is 1.13. The van der Waals surface area contributed by atoms with E-state index >= 15 is 0 Å². The normalized spacial score (nSPS) is 12.2. The van der Waals surface area contributed by atoms with Gasteiger partial charge >= 0.3 is 6.09 Å². The Morgan fingerprint density at radius 3 is 2.38 bits per heavy atom. The molecule has 0 fully saturated rings. The zero-order valence-corrected chi connectivity index (χ0v) is 12.9. The van der Waals surface area contributed by atoms with Crippen LogP contribution in [-0.4, -0.2) is 17.6 Å². The fourth-order valence-electron chi connectivity index (χ4n) is 1.73. The smallest absolute Gasteiger partial charge is 0.409 e. The zero-order chi connectivity index (χ0) is 16.0. The first-order valence-electron chi connectivity index (χ1n) is 6.71. The highest BCUT2D eigenvalue weighted by Gasteiger charge is 2.22. The van der Waals surface area contributed by atoms with E-state index in [1.54, 1.807) is 20.8 Å². The molecule has 21 heavy (non-hydrogen) atoms. The fraction of sp³-hybridized carbons (Fsp3) is 0.375. The third-order valence-electron chi connectivity index (χ3n) is 2.63. The number of hydrogen-bond acceptors (Lipinski definition) is 3. The van der Waals surface area contributed by atoms with E-state index in [0.29, 0.717) is 0 Å². The minimum absolute atomic E-state index is 0.376. The maximum atomic E-state index is 11.9. The summed E-state index contributed by atoms with van der Waals surface area (Å²) in [5.74, 6) is -0.376. The average Bonchev–Trinajstić information content (AvgIpc) is 2.36. The Kier molecular flexibility index (Phi) is 5.52. The third kappa shape index (κ3) is 5.69. The van der Waals surface area contributed by atoms with Gasteiger partial charge in [-0.25, -0.2) is 4.79 Å². The van der Waals surface area contributed by atoms with E-state index in [1.807, 2.05) is 31.2 Å². The van der Waals surface area contributed by atoms with Crippen LogP contribution in [0.25, 0.3) is 0 Å². The van der Waals surface area contributed by atoms with Crippen LogP contribution in [0.2, 0.25) is 0 Å². The molecule has 1 rings (SSSR count). The predicted octanol–water partition coefficient (Wildman–Crippen LogP) is 2.82. The Morgan fingerprint density at radius 2 is 1.86 bits per heavy atom. The van der Waals surface area contributed by atoms with Crippen molar-refractivity contribution in [2.45, 2.75) is 39.5 Å². The Labute approximate surface area is 125 Å². The molecule has 0 aliphatic carbocycles. The molecule has 0 saturated heterocycles. The van der Waals surface area contributed by atoms with Gasteiger partial charge in [0.2, 0.25) is 5.91 Å². The van der Waals surface area contributed by atoms with E-state index in [9.17, 15) is 9.59 Å². The average molecular weight is 290 g/mol. The lowest BCUT2D eigenvalue weighted by Gasteiger charge is -2.25. The van der Waals surface area contributed by atoms with Gasteiger partial charge in [0, 0.05) is 0 Å². The first kappa shape index (κ1) is 16.8. The molecule has 0 spiro atoms. The maximum Gasteiger partial charge on any atom is 0.409 e. The van der Waals surface area contributed by atoms with Gasteiger partial charge in [0.25, 0.3) is 0 Å². The summed E-state index contributed by atoms with van der Waals surface area (Å²) >= 11 is 0. The summed E-state index contributed by atoms with van der Waals surface area (Å²) in [6.45, 7) is 10.6. The van der Waals surface area contributed by atoms with Gasteiger partial charge in [-0.15, -0.1) is 0 Å². The molecule has 0 aliphatic heterocycles. The second kappa shape index (κ2) is 6.92. The minimum atomic E-state index is -0.674. The standard InChI is InChI=1S/C16H22N2O3/c1-6-13(19)17-14(12-10-8-7-9-11(12)2)18-15(20)21-16(3,4)5/h6-10,14H,1H2,2-5H3,(H,17,19)(H,18,20). The van der Waals surface area contributed by atoms with Gasteiger partial charge in [0.1, 0.15) is 11.8 Å². The maximum absolute atomic E-state index is 11.9. The zero-order valence-electron chi connectivity index (χ0n) is 12.9. The van der Waals surface area contributed by atoms with E-state index in [-0.39, 0.29) is 5.91 Å². The molecule has 5 nitrogen and oxygen atoms in total. The molecule has 0 aliphatic rings. The number of hydrogen-bond donors (Lipinski definition) is 2. The summed E-state index contributed by atoms with van der Waals surface area (Å²) in [5, 5.41) is 5.33. The second-order valence-corrected chi connectivity index (χ2v) is 5.65. The highest BCUT2D eigenvalue weighted by Crippen LogP contribution is 2.16. The van der Waals surface area contributed by atoms with Crippen LogP contribution in [0.5, 0.6) is 0 Å². The van der Waals surface area contributed by atoms with Gasteiger partial charge in [-0.05, 0) is 44.9 Å². The molecular formula is C16H22N2O3. The summed E-state index contributed by atoms with van der Waals surface area (Å²) in [7, 11) is 0. The predicted molar refractivity (Wildman–Crippen MR) is 81.6 cm³/mol. The number of ether oxygens (including phenoxy) is 1. The number of carbonyl (C=O) groups is 2. The molecule has 0 radical (unpaired) electrons. The van der Waals surface area contributed by atoms with Crippen LogP contribution in [0, 0.1) is 6.92 Å². The second-order valence-electron chi connectivity index (χ2n) is 5.65. The van der Waals surface area contributed by atoms with Crippen molar-refractivity contribution in [2.24, 2.45) is 0 Å². The molecule has 1 unspecified atom stereocenters. The molecule has 2 N–H and O–H groups in total. The van der Waals surface area contributed by atoms with Gasteiger partial charge in [-0.1, -0.05) is 30.8 Å². The van der Waals surface area contributed by atoms with Gasteiger partial charge in [-0.2, -0.15) is 0 Å². The molecule has 2 amide bonds. The van der Waals surface area contributed by atoms with Crippen LogP contribution in [0.15, 0.2) is 36.9 Å². The number of aryl methyl sites for hydroxylation is 1. The molecule has 0 bridgehead atoms. The molecule has 0 aromatic heterocycles. The Hall–Kier alpha value is -2.30. The molecular weight excluding hydrogens is 268 g/mol. The van der Waals surface area contributed by atoms with Gasteiger partial charge in [-0.3, -0.25) is 10.1 Å². The Balaban J connectivity index is 2.93. The number of nitrogens with one attached hydrogen (secondary N) is 2. The van der Waals surface area contributed by atoms with Crippen LogP contribution in [0.3, 0.4) is 0 Å². The molecule has 0 saturated carbocycles. The van der Waals surface area contributed by atoms with Crippen LogP contribution in [0.4, 0.5) is 4.79 Å². The molecule has 114 valence electrons. The van der Waals surface area contributed by atoms with Gasteiger partial charge in [0.15, 0.2) is 0 Å². The van der Waals surface area contributed by atoms with Crippen molar-refractivity contribution >= 4 is 12.0 Å². The Bertz CT molecular complexity index is 533. The van der Waals surface area contributed by atoms with E-state index < -0.39 is 17.9 Å². The third-order valence-corrected chi connectivity index (χ3v) is 2.63. The van der Waals surface area contributed by atoms with Crippen LogP contribution >= 0.6 is 0 Å². The summed E-state index contributed by atoms with van der Waals surface area (Å²) < 4.78 is 5.22. The lowest BCUT2D eigenvalue weighted by molar-refractivity contribution is -0.117. The van der Waals surface area contributed by atoms with Crippen LogP contribution in [0.1, 0.15) is 38.1 Å². The van der Waals surface area contributed by atoms with E-state index in [1.165, 1.54) is 0 Å². The lowest BCUT2D eigenvalue weighted by atomic mass is 10.1. The number of rotatable bonds is 4. The number of benzene rings is 1. The van der Waals surface area contributed by atoms with Crippen molar-refractivity contribution in [3.05, 3.63) is 48.0 Å². The number of carbonyl (C=O) groups excluding carboxylic acids is 2. The van der Waals surface area contributed by atoms with Crippen molar-refractivity contribution in [1.82, 2.24) is 10.6 Å². The summed E-state index contributed by atoms with van der Waals surface area (Å²) in [6, 6.07) is 7.46. The topological polar surface area (TPSA) is 67.4 Å². The minimum Gasteiger partial charge on any atom is -0.444 e. The van der Waals surface area contributed by atoms with Crippen molar-refractivity contribution in [3.8, 4) is 0 Å². The SMILES string of the molecule is C=CC(=O)NC(NC(=O)OC(C)(C)C)c1ccccc1C. The molecule has 1 aromatic carbocycles.